The molecule has 3 amide bonds. The van der Waals surface area contributed by atoms with E-state index in [-0.39, 0.29) is 23.1 Å². The van der Waals surface area contributed by atoms with Gasteiger partial charge in [0.05, 0.1) is 11.4 Å². The molecule has 0 spiro atoms. The molecule has 0 fully saturated rings. The summed E-state index contributed by atoms with van der Waals surface area (Å²) in [6.07, 6.45) is 0. The molecular weight excluding hydrogens is 442 g/mol. The number of rotatable bonds is 6. The summed E-state index contributed by atoms with van der Waals surface area (Å²) in [4.78, 5) is 37.4. The third-order valence-electron chi connectivity index (χ3n) is 5.29. The maximum Gasteiger partial charge on any atom is 0.255 e. The van der Waals surface area contributed by atoms with E-state index in [1.165, 1.54) is 13.0 Å². The lowest BCUT2D eigenvalue weighted by molar-refractivity contribution is -0.114. The van der Waals surface area contributed by atoms with Crippen LogP contribution in [0.2, 0.25) is 0 Å². The minimum absolute atomic E-state index is 0.0428. The van der Waals surface area contributed by atoms with Crippen molar-refractivity contribution < 1.29 is 14.4 Å². The zero-order valence-electron chi connectivity index (χ0n) is 20.2. The Kier molecular flexibility index (Phi) is 7.34. The van der Waals surface area contributed by atoms with E-state index >= 15 is 0 Å². The quantitative estimate of drug-likeness (QED) is 0.262. The monoisotopic (exact) mass is 471 g/mol. The van der Waals surface area contributed by atoms with Crippen molar-refractivity contribution in [3.05, 3.63) is 89.0 Å². The van der Waals surface area contributed by atoms with Crippen molar-refractivity contribution in [1.82, 2.24) is 0 Å². The van der Waals surface area contributed by atoms with Crippen LogP contribution in [0.5, 0.6) is 0 Å². The van der Waals surface area contributed by atoms with Gasteiger partial charge in [0.1, 0.15) is 5.84 Å². The molecule has 0 heterocycles. The summed E-state index contributed by atoms with van der Waals surface area (Å²) in [5, 5.41) is 15.9. The normalized spacial score (nSPS) is 10.9. The molecule has 0 radical (unpaired) electrons. The van der Waals surface area contributed by atoms with E-state index in [2.05, 4.69) is 36.7 Å². The summed E-state index contributed by atoms with van der Waals surface area (Å²) >= 11 is 0. The molecule has 3 aromatic carbocycles. The fourth-order valence-corrected chi connectivity index (χ4v) is 3.38. The van der Waals surface area contributed by atoms with Gasteiger partial charge in [-0.1, -0.05) is 45.0 Å². The fourth-order valence-electron chi connectivity index (χ4n) is 3.38. The number of hydrogen-bond donors (Lipinski definition) is 5. The minimum Gasteiger partial charge on any atom is -0.384 e. The summed E-state index contributed by atoms with van der Waals surface area (Å²) < 4.78 is 0. The number of anilines is 3. The van der Waals surface area contributed by atoms with Crippen LogP contribution in [0.15, 0.2) is 66.7 Å². The number of nitrogens with one attached hydrogen (secondary N) is 4. The maximum atomic E-state index is 13.0. The van der Waals surface area contributed by atoms with Gasteiger partial charge in [-0.2, -0.15) is 0 Å². The second-order valence-electron chi connectivity index (χ2n) is 9.17. The molecule has 0 aliphatic heterocycles. The van der Waals surface area contributed by atoms with Crippen molar-refractivity contribution in [2.24, 2.45) is 5.73 Å². The molecule has 0 atom stereocenters. The first kappa shape index (κ1) is 25.2. The Bertz CT molecular complexity index is 1290. The maximum absolute atomic E-state index is 13.0. The van der Waals surface area contributed by atoms with Gasteiger partial charge >= 0.3 is 0 Å². The third kappa shape index (κ3) is 6.54. The predicted molar refractivity (Wildman–Crippen MR) is 139 cm³/mol. The van der Waals surface area contributed by atoms with E-state index in [4.69, 9.17) is 11.1 Å². The van der Waals surface area contributed by atoms with Gasteiger partial charge in [-0.05, 0) is 53.4 Å². The van der Waals surface area contributed by atoms with Crippen molar-refractivity contribution in [2.75, 3.05) is 16.0 Å². The van der Waals surface area contributed by atoms with E-state index in [0.29, 0.717) is 33.8 Å². The number of nitrogens with two attached hydrogens (primary N) is 1. The van der Waals surface area contributed by atoms with Crippen LogP contribution in [0.4, 0.5) is 17.1 Å². The van der Waals surface area contributed by atoms with Crippen molar-refractivity contribution in [3.63, 3.8) is 0 Å². The average molecular weight is 472 g/mol. The number of hydrogen-bond acceptors (Lipinski definition) is 4. The standard InChI is InChI=1S/C27H29N5O3/c1-16(33)30-21-12-13-22(31-26(35)19-7-5-6-18(14-19)24(28)29)23(15-21)32-25(34)17-8-10-20(11-9-17)27(2,3)4/h5-15H,1-4H3,(H3,28,29)(H,30,33)(H,31,35)(H,32,34). The van der Waals surface area contributed by atoms with Crippen LogP contribution in [-0.2, 0) is 10.2 Å². The molecule has 0 bridgehead atoms. The zero-order valence-corrected chi connectivity index (χ0v) is 20.2. The van der Waals surface area contributed by atoms with Crippen LogP contribution in [0, 0.1) is 5.41 Å². The topological polar surface area (TPSA) is 137 Å². The first-order valence-electron chi connectivity index (χ1n) is 11.0. The van der Waals surface area contributed by atoms with Crippen molar-refractivity contribution in [2.45, 2.75) is 33.1 Å². The number of amides is 3. The SMILES string of the molecule is CC(=O)Nc1ccc(NC(=O)c2cccc(C(=N)N)c2)c(NC(=O)c2ccc(C(C)(C)C)cc2)c1. The highest BCUT2D eigenvalue weighted by Crippen LogP contribution is 2.28. The number of amidine groups is 1. The van der Waals surface area contributed by atoms with Crippen LogP contribution in [0.1, 0.15) is 59.5 Å². The lowest BCUT2D eigenvalue weighted by Crippen LogP contribution is -2.18. The minimum atomic E-state index is -0.439. The highest BCUT2D eigenvalue weighted by molar-refractivity contribution is 6.11. The summed E-state index contributed by atoms with van der Waals surface area (Å²) in [5.74, 6) is -1.22. The number of carbonyl (C=O) groups excluding carboxylic acids is 3. The molecule has 0 aliphatic carbocycles. The average Bonchev–Trinajstić information content (AvgIpc) is 2.80. The molecule has 8 heteroatoms. The van der Waals surface area contributed by atoms with Gasteiger partial charge in [0.25, 0.3) is 11.8 Å². The molecule has 35 heavy (non-hydrogen) atoms. The molecule has 0 saturated carbocycles. The van der Waals surface area contributed by atoms with Gasteiger partial charge in [-0.15, -0.1) is 0 Å². The number of carbonyl (C=O) groups is 3. The molecule has 180 valence electrons. The van der Waals surface area contributed by atoms with Crippen LogP contribution in [0.25, 0.3) is 0 Å². The fraction of sp³-hybridized carbons (Fsp3) is 0.185. The summed E-state index contributed by atoms with van der Waals surface area (Å²) in [6, 6.07) is 18.5. The molecule has 8 nitrogen and oxygen atoms in total. The Morgan fingerprint density at radius 1 is 0.743 bits per heavy atom. The highest BCUT2D eigenvalue weighted by Gasteiger charge is 2.17. The van der Waals surface area contributed by atoms with Gasteiger partial charge in [-0.25, -0.2) is 0 Å². The van der Waals surface area contributed by atoms with Gasteiger partial charge in [0.2, 0.25) is 5.91 Å². The number of benzene rings is 3. The molecule has 0 aromatic heterocycles. The molecule has 6 N–H and O–H groups in total. The van der Waals surface area contributed by atoms with Crippen molar-refractivity contribution in [3.8, 4) is 0 Å². The second kappa shape index (κ2) is 10.2. The van der Waals surface area contributed by atoms with E-state index in [0.717, 1.165) is 5.56 Å². The van der Waals surface area contributed by atoms with E-state index in [1.807, 2.05) is 12.1 Å². The first-order chi connectivity index (χ1) is 16.4. The number of nitrogen functional groups attached to an aromatic ring is 1. The third-order valence-corrected chi connectivity index (χ3v) is 5.29. The molecule has 0 saturated heterocycles. The van der Waals surface area contributed by atoms with E-state index in [1.54, 1.807) is 48.5 Å². The van der Waals surface area contributed by atoms with Crippen molar-refractivity contribution in [1.29, 1.82) is 5.41 Å². The van der Waals surface area contributed by atoms with E-state index < -0.39 is 5.91 Å². The van der Waals surface area contributed by atoms with Crippen LogP contribution < -0.4 is 21.7 Å². The van der Waals surface area contributed by atoms with Crippen LogP contribution in [-0.4, -0.2) is 23.6 Å². The van der Waals surface area contributed by atoms with Gasteiger partial charge in [0, 0.05) is 29.3 Å². The predicted octanol–water partition coefficient (Wildman–Crippen LogP) is 4.73. The van der Waals surface area contributed by atoms with Crippen molar-refractivity contribution >= 4 is 40.6 Å². The Morgan fingerprint density at radius 3 is 1.94 bits per heavy atom. The zero-order chi connectivity index (χ0) is 25.8. The Labute approximate surface area is 204 Å². The van der Waals surface area contributed by atoms with Gasteiger partial charge in [0.15, 0.2) is 0 Å². The summed E-state index contributed by atoms with van der Waals surface area (Å²) in [5.41, 5.74) is 8.89. The largest absolute Gasteiger partial charge is 0.384 e. The molecule has 3 rings (SSSR count). The first-order valence-corrected chi connectivity index (χ1v) is 11.0. The highest BCUT2D eigenvalue weighted by atomic mass is 16.2. The Hall–Kier alpha value is -4.46. The lowest BCUT2D eigenvalue weighted by atomic mass is 9.87. The lowest BCUT2D eigenvalue weighted by Gasteiger charge is -2.19. The molecule has 3 aromatic rings. The van der Waals surface area contributed by atoms with Crippen LogP contribution in [0.3, 0.4) is 0 Å². The summed E-state index contributed by atoms with van der Waals surface area (Å²) in [6.45, 7) is 7.66. The Balaban J connectivity index is 1.89. The van der Waals surface area contributed by atoms with Crippen LogP contribution >= 0.6 is 0 Å². The molecule has 0 unspecified atom stereocenters. The molecule has 0 aliphatic rings. The smallest absolute Gasteiger partial charge is 0.255 e. The second-order valence-corrected chi connectivity index (χ2v) is 9.17. The van der Waals surface area contributed by atoms with Gasteiger partial charge in [-0.3, -0.25) is 19.8 Å². The van der Waals surface area contributed by atoms with E-state index in [9.17, 15) is 14.4 Å². The summed E-state index contributed by atoms with van der Waals surface area (Å²) in [7, 11) is 0. The Morgan fingerprint density at radius 2 is 1.34 bits per heavy atom. The molecular formula is C27H29N5O3. The van der Waals surface area contributed by atoms with Gasteiger partial charge < -0.3 is 21.7 Å².